The SMILES string of the molecule is CNc1cc(N(C)Cc2ccc(Cl)cc2)ccn1. The molecule has 1 aromatic heterocycles. The summed E-state index contributed by atoms with van der Waals surface area (Å²) in [5.74, 6) is 0.871. The molecule has 18 heavy (non-hydrogen) atoms. The molecule has 0 amide bonds. The maximum atomic E-state index is 5.87. The van der Waals surface area contributed by atoms with Crippen molar-refractivity contribution < 1.29 is 0 Å². The van der Waals surface area contributed by atoms with E-state index in [4.69, 9.17) is 11.6 Å². The van der Waals surface area contributed by atoms with Gasteiger partial charge in [-0.2, -0.15) is 0 Å². The molecule has 0 aliphatic heterocycles. The molecule has 0 bridgehead atoms. The lowest BCUT2D eigenvalue weighted by Crippen LogP contribution is -2.16. The number of hydrogen-bond donors (Lipinski definition) is 1. The minimum Gasteiger partial charge on any atom is -0.373 e. The fourth-order valence-corrected chi connectivity index (χ4v) is 1.87. The summed E-state index contributed by atoms with van der Waals surface area (Å²) in [5, 5.41) is 3.80. The highest BCUT2D eigenvalue weighted by Crippen LogP contribution is 2.18. The predicted octanol–water partition coefficient (Wildman–Crippen LogP) is 3.41. The van der Waals surface area contributed by atoms with Crippen LogP contribution in [0.15, 0.2) is 42.6 Å². The average Bonchev–Trinajstić information content (AvgIpc) is 2.41. The number of aromatic nitrogens is 1. The van der Waals surface area contributed by atoms with E-state index < -0.39 is 0 Å². The lowest BCUT2D eigenvalue weighted by molar-refractivity contribution is 0.921. The van der Waals surface area contributed by atoms with E-state index >= 15 is 0 Å². The molecule has 0 saturated carbocycles. The Morgan fingerprint density at radius 3 is 2.61 bits per heavy atom. The summed E-state index contributed by atoms with van der Waals surface area (Å²) in [6, 6.07) is 11.9. The van der Waals surface area contributed by atoms with Crippen molar-refractivity contribution >= 4 is 23.1 Å². The first kappa shape index (κ1) is 12.7. The molecule has 0 aliphatic rings. The number of rotatable bonds is 4. The number of pyridine rings is 1. The van der Waals surface area contributed by atoms with Crippen LogP contribution >= 0.6 is 11.6 Å². The number of benzene rings is 1. The van der Waals surface area contributed by atoms with Crippen LogP contribution in [0.4, 0.5) is 11.5 Å². The Kier molecular flexibility index (Phi) is 4.05. The molecule has 94 valence electrons. The first-order chi connectivity index (χ1) is 8.69. The number of nitrogens with zero attached hydrogens (tertiary/aromatic N) is 2. The Hall–Kier alpha value is -1.74. The van der Waals surface area contributed by atoms with Gasteiger partial charge in [-0.15, -0.1) is 0 Å². The first-order valence-corrected chi connectivity index (χ1v) is 6.16. The van der Waals surface area contributed by atoms with Gasteiger partial charge in [0, 0.05) is 43.6 Å². The zero-order valence-corrected chi connectivity index (χ0v) is 11.3. The van der Waals surface area contributed by atoms with Gasteiger partial charge in [-0.25, -0.2) is 4.98 Å². The largest absolute Gasteiger partial charge is 0.373 e. The van der Waals surface area contributed by atoms with E-state index in [0.717, 1.165) is 23.1 Å². The molecule has 0 radical (unpaired) electrons. The van der Waals surface area contributed by atoms with Crippen molar-refractivity contribution in [2.24, 2.45) is 0 Å². The van der Waals surface area contributed by atoms with Gasteiger partial charge in [0.05, 0.1) is 0 Å². The van der Waals surface area contributed by atoms with Crippen molar-refractivity contribution in [3.8, 4) is 0 Å². The fraction of sp³-hybridized carbons (Fsp3) is 0.214. The Balaban J connectivity index is 2.11. The summed E-state index contributed by atoms with van der Waals surface area (Å²) in [5.41, 5.74) is 2.36. The molecule has 0 spiro atoms. The smallest absolute Gasteiger partial charge is 0.127 e. The minimum absolute atomic E-state index is 0.766. The topological polar surface area (TPSA) is 28.2 Å². The van der Waals surface area contributed by atoms with Crippen molar-refractivity contribution in [1.29, 1.82) is 0 Å². The number of nitrogens with one attached hydrogen (secondary N) is 1. The highest BCUT2D eigenvalue weighted by atomic mass is 35.5. The molecule has 1 heterocycles. The van der Waals surface area contributed by atoms with E-state index in [1.165, 1.54) is 5.56 Å². The summed E-state index contributed by atoms with van der Waals surface area (Å²) in [6.07, 6.45) is 1.81. The Morgan fingerprint density at radius 1 is 1.22 bits per heavy atom. The van der Waals surface area contributed by atoms with Crippen molar-refractivity contribution in [2.45, 2.75) is 6.54 Å². The maximum absolute atomic E-state index is 5.87. The van der Waals surface area contributed by atoms with Crippen molar-refractivity contribution in [2.75, 3.05) is 24.3 Å². The van der Waals surface area contributed by atoms with E-state index in [1.807, 2.05) is 43.4 Å². The van der Waals surface area contributed by atoms with Gasteiger partial charge in [0.15, 0.2) is 0 Å². The second kappa shape index (κ2) is 5.74. The Morgan fingerprint density at radius 2 is 1.94 bits per heavy atom. The summed E-state index contributed by atoms with van der Waals surface area (Å²) in [7, 11) is 3.93. The van der Waals surface area contributed by atoms with Crippen LogP contribution in [0.1, 0.15) is 5.56 Å². The molecule has 0 atom stereocenters. The summed E-state index contributed by atoms with van der Waals surface area (Å²) in [6.45, 7) is 0.838. The molecular weight excluding hydrogens is 246 g/mol. The number of hydrogen-bond acceptors (Lipinski definition) is 3. The van der Waals surface area contributed by atoms with E-state index in [2.05, 4.69) is 22.2 Å². The monoisotopic (exact) mass is 261 g/mol. The zero-order chi connectivity index (χ0) is 13.0. The van der Waals surface area contributed by atoms with Crippen LogP contribution in [0.25, 0.3) is 0 Å². The van der Waals surface area contributed by atoms with Crippen LogP contribution in [0.2, 0.25) is 5.02 Å². The Labute approximate surface area is 112 Å². The van der Waals surface area contributed by atoms with Gasteiger partial charge in [-0.1, -0.05) is 23.7 Å². The van der Waals surface area contributed by atoms with E-state index in [9.17, 15) is 0 Å². The van der Waals surface area contributed by atoms with Crippen LogP contribution in [-0.4, -0.2) is 19.1 Å². The molecule has 0 unspecified atom stereocenters. The molecular formula is C14H16ClN3. The van der Waals surface area contributed by atoms with Crippen LogP contribution < -0.4 is 10.2 Å². The highest BCUT2D eigenvalue weighted by Gasteiger charge is 2.03. The predicted molar refractivity (Wildman–Crippen MR) is 77.3 cm³/mol. The minimum atomic E-state index is 0.766. The van der Waals surface area contributed by atoms with Gasteiger partial charge in [0.1, 0.15) is 5.82 Å². The standard InChI is InChI=1S/C14H16ClN3/c1-16-14-9-13(7-8-17-14)18(2)10-11-3-5-12(15)6-4-11/h3-9H,10H2,1-2H3,(H,16,17). The quantitative estimate of drug-likeness (QED) is 0.914. The van der Waals surface area contributed by atoms with Gasteiger partial charge in [-0.05, 0) is 23.8 Å². The number of anilines is 2. The van der Waals surface area contributed by atoms with Gasteiger partial charge in [-0.3, -0.25) is 0 Å². The number of halogens is 1. The van der Waals surface area contributed by atoms with Crippen LogP contribution in [-0.2, 0) is 6.54 Å². The van der Waals surface area contributed by atoms with Gasteiger partial charge >= 0.3 is 0 Å². The van der Waals surface area contributed by atoms with E-state index in [0.29, 0.717) is 0 Å². The highest BCUT2D eigenvalue weighted by molar-refractivity contribution is 6.30. The maximum Gasteiger partial charge on any atom is 0.127 e. The van der Waals surface area contributed by atoms with Gasteiger partial charge in [0.2, 0.25) is 0 Å². The van der Waals surface area contributed by atoms with Gasteiger partial charge < -0.3 is 10.2 Å². The molecule has 2 rings (SSSR count). The van der Waals surface area contributed by atoms with Gasteiger partial charge in [0.25, 0.3) is 0 Å². The molecule has 1 N–H and O–H groups in total. The lowest BCUT2D eigenvalue weighted by Gasteiger charge is -2.19. The lowest BCUT2D eigenvalue weighted by atomic mass is 10.2. The van der Waals surface area contributed by atoms with Crippen molar-refractivity contribution in [3.63, 3.8) is 0 Å². The Bertz CT molecular complexity index is 511. The molecule has 0 fully saturated rings. The molecule has 0 saturated heterocycles. The summed E-state index contributed by atoms with van der Waals surface area (Å²) in [4.78, 5) is 6.38. The van der Waals surface area contributed by atoms with E-state index in [-0.39, 0.29) is 0 Å². The molecule has 1 aromatic carbocycles. The summed E-state index contributed by atoms with van der Waals surface area (Å²) >= 11 is 5.87. The average molecular weight is 262 g/mol. The fourth-order valence-electron chi connectivity index (χ4n) is 1.75. The first-order valence-electron chi connectivity index (χ1n) is 5.78. The molecule has 4 heteroatoms. The second-order valence-electron chi connectivity index (χ2n) is 4.13. The third-order valence-electron chi connectivity index (χ3n) is 2.77. The van der Waals surface area contributed by atoms with Crippen LogP contribution in [0.5, 0.6) is 0 Å². The van der Waals surface area contributed by atoms with E-state index in [1.54, 1.807) is 6.20 Å². The summed E-state index contributed by atoms with van der Waals surface area (Å²) < 4.78 is 0. The molecule has 0 aliphatic carbocycles. The second-order valence-corrected chi connectivity index (χ2v) is 4.57. The van der Waals surface area contributed by atoms with Crippen molar-refractivity contribution in [3.05, 3.63) is 53.2 Å². The van der Waals surface area contributed by atoms with Crippen LogP contribution in [0, 0.1) is 0 Å². The zero-order valence-electron chi connectivity index (χ0n) is 10.5. The third kappa shape index (κ3) is 3.14. The molecule has 2 aromatic rings. The van der Waals surface area contributed by atoms with Crippen molar-refractivity contribution in [1.82, 2.24) is 4.98 Å². The third-order valence-corrected chi connectivity index (χ3v) is 3.03. The van der Waals surface area contributed by atoms with Crippen LogP contribution in [0.3, 0.4) is 0 Å². The molecule has 3 nitrogen and oxygen atoms in total. The normalized spacial score (nSPS) is 10.2.